The van der Waals surface area contributed by atoms with Gasteiger partial charge in [-0.3, -0.25) is 19.3 Å². The van der Waals surface area contributed by atoms with Crippen LogP contribution >= 0.6 is 11.8 Å². The Hall–Kier alpha value is -2.54. The van der Waals surface area contributed by atoms with Crippen LogP contribution in [0.5, 0.6) is 0 Å². The fourth-order valence-corrected chi connectivity index (χ4v) is 5.16. The molecule has 0 radical (unpaired) electrons. The van der Waals surface area contributed by atoms with Gasteiger partial charge in [0.1, 0.15) is 6.54 Å². The highest BCUT2D eigenvalue weighted by atomic mass is 32.2. The summed E-state index contributed by atoms with van der Waals surface area (Å²) in [6.07, 6.45) is 3.67. The lowest BCUT2D eigenvalue weighted by Gasteiger charge is -2.46. The van der Waals surface area contributed by atoms with Crippen molar-refractivity contribution in [2.45, 2.75) is 66.2 Å². The van der Waals surface area contributed by atoms with E-state index in [1.807, 2.05) is 12.1 Å². The second-order valence-electron chi connectivity index (χ2n) is 9.03. The molecule has 0 aromatic heterocycles. The average Bonchev–Trinajstić information content (AvgIpc) is 2.88. The Morgan fingerprint density at radius 3 is 2.48 bits per heavy atom. The van der Waals surface area contributed by atoms with Crippen molar-refractivity contribution in [3.8, 4) is 0 Å². The minimum Gasteiger partial charge on any atom is -0.462 e. The molecule has 0 spiro atoms. The average molecular weight is 443 g/mol. The van der Waals surface area contributed by atoms with E-state index in [1.165, 1.54) is 5.57 Å². The van der Waals surface area contributed by atoms with Crippen molar-refractivity contribution in [3.63, 3.8) is 0 Å². The van der Waals surface area contributed by atoms with E-state index in [-0.39, 0.29) is 18.2 Å². The maximum absolute atomic E-state index is 12.7. The third-order valence-corrected chi connectivity index (χ3v) is 6.15. The summed E-state index contributed by atoms with van der Waals surface area (Å²) in [5, 5.41) is -0.460. The zero-order valence-corrected chi connectivity index (χ0v) is 20.0. The van der Waals surface area contributed by atoms with Gasteiger partial charge in [-0.15, -0.1) is 0 Å². The second-order valence-corrected chi connectivity index (χ2v) is 10.0. The first-order valence-corrected chi connectivity index (χ1v) is 11.3. The molecule has 1 aromatic carbocycles. The predicted molar refractivity (Wildman–Crippen MR) is 126 cm³/mol. The van der Waals surface area contributed by atoms with Crippen molar-refractivity contribution in [2.75, 3.05) is 11.4 Å². The number of carbonyl (C=O) groups excluding carboxylic acids is 3. The van der Waals surface area contributed by atoms with Crippen molar-refractivity contribution in [2.24, 2.45) is 0 Å². The zero-order valence-electron chi connectivity index (χ0n) is 19.2. The molecule has 2 heterocycles. The molecule has 0 N–H and O–H groups in total. The Morgan fingerprint density at radius 1 is 1.19 bits per heavy atom. The van der Waals surface area contributed by atoms with Crippen LogP contribution in [0.15, 0.2) is 29.2 Å². The lowest BCUT2D eigenvalue weighted by atomic mass is 9.87. The number of ether oxygens (including phenoxy) is 1. The van der Waals surface area contributed by atoms with Crippen molar-refractivity contribution < 1.29 is 19.1 Å². The van der Waals surface area contributed by atoms with Crippen molar-refractivity contribution >= 4 is 46.2 Å². The number of thioether (sulfide) groups is 1. The Kier molecular flexibility index (Phi) is 6.37. The van der Waals surface area contributed by atoms with E-state index in [0.29, 0.717) is 10.9 Å². The summed E-state index contributed by atoms with van der Waals surface area (Å²) in [5.74, 6) is -1.06. The number of imide groups is 1. The van der Waals surface area contributed by atoms with E-state index in [1.54, 1.807) is 19.9 Å². The molecule has 1 fully saturated rings. The maximum Gasteiger partial charge on any atom is 0.326 e. The molecule has 2 amide bonds. The summed E-state index contributed by atoms with van der Waals surface area (Å²) >= 11 is 0.847. The molecule has 2 aliphatic heterocycles. The molecule has 0 bridgehead atoms. The number of carbonyl (C=O) groups is 3. The SMILES string of the molecule is CC1=CC(C)(C)N(C(C)C)c2ccc(/C=C3/SC(=O)N(CC(=O)OC(C)C)C3=O)cc21. The quantitative estimate of drug-likeness (QED) is 0.468. The van der Waals surface area contributed by atoms with E-state index in [0.717, 1.165) is 33.5 Å². The van der Waals surface area contributed by atoms with Crippen molar-refractivity contribution in [1.29, 1.82) is 0 Å². The number of nitrogens with zero attached hydrogens (tertiary/aromatic N) is 2. The van der Waals surface area contributed by atoms with E-state index in [2.05, 4.69) is 51.7 Å². The van der Waals surface area contributed by atoms with Crippen LogP contribution in [0.4, 0.5) is 10.5 Å². The summed E-state index contributed by atoms with van der Waals surface area (Å²) in [6.45, 7) is 13.9. The highest BCUT2D eigenvalue weighted by molar-refractivity contribution is 8.18. The van der Waals surface area contributed by atoms with Crippen LogP contribution in [-0.4, -0.2) is 46.2 Å². The molecule has 1 saturated heterocycles. The van der Waals surface area contributed by atoms with Crippen LogP contribution < -0.4 is 4.90 Å². The highest BCUT2D eigenvalue weighted by Crippen LogP contribution is 2.41. The van der Waals surface area contributed by atoms with Gasteiger partial charge >= 0.3 is 5.97 Å². The minimum atomic E-state index is -0.593. The maximum atomic E-state index is 12.7. The van der Waals surface area contributed by atoms with Gasteiger partial charge in [-0.05, 0) is 89.6 Å². The summed E-state index contributed by atoms with van der Waals surface area (Å²) in [4.78, 5) is 40.5. The van der Waals surface area contributed by atoms with Crippen molar-refractivity contribution in [3.05, 3.63) is 40.3 Å². The largest absolute Gasteiger partial charge is 0.462 e. The summed E-state index contributed by atoms with van der Waals surface area (Å²) in [7, 11) is 0. The number of allylic oxidation sites excluding steroid dienone is 1. The van der Waals surface area contributed by atoms with Gasteiger partial charge in [0.25, 0.3) is 11.1 Å². The highest BCUT2D eigenvalue weighted by Gasteiger charge is 2.37. The first kappa shape index (κ1) is 23.1. The molecule has 0 atom stereocenters. The molecule has 0 unspecified atom stereocenters. The number of esters is 1. The van der Waals surface area contributed by atoms with E-state index in [4.69, 9.17) is 4.74 Å². The molecule has 2 aliphatic rings. The van der Waals surface area contributed by atoms with E-state index >= 15 is 0 Å². The summed E-state index contributed by atoms with van der Waals surface area (Å²) in [5.41, 5.74) is 4.19. The monoisotopic (exact) mass is 442 g/mol. The number of amides is 2. The molecule has 0 saturated carbocycles. The predicted octanol–water partition coefficient (Wildman–Crippen LogP) is 5.08. The number of hydrogen-bond acceptors (Lipinski definition) is 6. The smallest absolute Gasteiger partial charge is 0.326 e. The normalized spacial score (nSPS) is 19.4. The van der Waals surface area contributed by atoms with Gasteiger partial charge in [0, 0.05) is 17.3 Å². The number of fused-ring (bicyclic) bond motifs is 1. The Morgan fingerprint density at radius 2 is 1.87 bits per heavy atom. The van der Waals surface area contributed by atoms with Crippen LogP contribution in [0.25, 0.3) is 11.6 Å². The van der Waals surface area contributed by atoms with Crippen LogP contribution in [0.2, 0.25) is 0 Å². The first-order valence-electron chi connectivity index (χ1n) is 10.5. The first-order chi connectivity index (χ1) is 14.4. The Balaban J connectivity index is 1.89. The molecule has 31 heavy (non-hydrogen) atoms. The topological polar surface area (TPSA) is 66.9 Å². The van der Waals surface area contributed by atoms with Gasteiger partial charge in [-0.1, -0.05) is 12.1 Å². The molecule has 166 valence electrons. The van der Waals surface area contributed by atoms with Crippen LogP contribution in [-0.2, 0) is 14.3 Å². The number of benzene rings is 1. The summed E-state index contributed by atoms with van der Waals surface area (Å²) < 4.78 is 5.06. The van der Waals surface area contributed by atoms with E-state index < -0.39 is 17.1 Å². The number of hydrogen-bond donors (Lipinski definition) is 0. The Bertz CT molecular complexity index is 991. The van der Waals surface area contributed by atoms with Gasteiger partial charge in [-0.25, -0.2) is 0 Å². The van der Waals surface area contributed by atoms with Crippen LogP contribution in [0.3, 0.4) is 0 Å². The Labute approximate surface area is 188 Å². The molecule has 1 aromatic rings. The summed E-state index contributed by atoms with van der Waals surface area (Å²) in [6, 6.07) is 6.41. The van der Waals surface area contributed by atoms with Gasteiger partial charge < -0.3 is 9.64 Å². The van der Waals surface area contributed by atoms with E-state index in [9.17, 15) is 14.4 Å². The zero-order chi connectivity index (χ0) is 23.1. The third kappa shape index (κ3) is 4.71. The lowest BCUT2D eigenvalue weighted by molar-refractivity contribution is -0.149. The van der Waals surface area contributed by atoms with Gasteiger partial charge in [0.2, 0.25) is 0 Å². The van der Waals surface area contributed by atoms with Gasteiger partial charge in [0.05, 0.1) is 16.5 Å². The molecule has 6 nitrogen and oxygen atoms in total. The molecular formula is C24H30N2O4S. The minimum absolute atomic E-state index is 0.0972. The standard InChI is InChI=1S/C24H30N2O4S/c1-14(2)26-19-9-8-17(10-18(19)16(5)12-24(26,6)7)11-20-22(28)25(23(29)31-20)13-21(27)30-15(3)4/h8-12,14-15H,13H2,1-7H3/b20-11+. The third-order valence-electron chi connectivity index (χ3n) is 5.24. The molecular weight excluding hydrogens is 412 g/mol. The molecule has 7 heteroatoms. The number of anilines is 1. The molecule has 0 aliphatic carbocycles. The van der Waals surface area contributed by atoms with Crippen LogP contribution in [0.1, 0.15) is 59.6 Å². The second kappa shape index (κ2) is 8.54. The number of rotatable bonds is 5. The van der Waals surface area contributed by atoms with Gasteiger partial charge in [-0.2, -0.15) is 0 Å². The van der Waals surface area contributed by atoms with Gasteiger partial charge in [0.15, 0.2) is 0 Å². The van der Waals surface area contributed by atoms with Crippen LogP contribution in [0, 0.1) is 0 Å². The van der Waals surface area contributed by atoms with Crippen molar-refractivity contribution in [1.82, 2.24) is 4.90 Å². The lowest BCUT2D eigenvalue weighted by Crippen LogP contribution is -2.49. The fraction of sp³-hybridized carbons (Fsp3) is 0.458. The molecule has 3 rings (SSSR count). The fourth-order valence-electron chi connectivity index (χ4n) is 4.32.